The number of aryl methyl sites for hydroxylation is 1. The third-order valence-corrected chi connectivity index (χ3v) is 4.95. The Hall–Kier alpha value is -0.380. The highest BCUT2D eigenvalue weighted by Crippen LogP contribution is 2.20. The van der Waals surface area contributed by atoms with Gasteiger partial charge >= 0.3 is 0 Å². The van der Waals surface area contributed by atoms with E-state index in [1.165, 1.54) is 49.3 Å². The van der Waals surface area contributed by atoms with Gasteiger partial charge in [0.1, 0.15) is 0 Å². The first-order valence-corrected chi connectivity index (χ1v) is 8.13. The molecule has 0 aromatic carbocycles. The minimum absolute atomic E-state index is 0.967. The van der Waals surface area contributed by atoms with Crippen LogP contribution in [0, 0.1) is 12.8 Å². The molecule has 102 valence electrons. The van der Waals surface area contributed by atoms with Gasteiger partial charge in [0.2, 0.25) is 0 Å². The number of hydrogen-bond acceptors (Lipinski definition) is 3. The fourth-order valence-electron chi connectivity index (χ4n) is 2.78. The summed E-state index contributed by atoms with van der Waals surface area (Å²) in [7, 11) is 0. The van der Waals surface area contributed by atoms with Crippen molar-refractivity contribution in [2.24, 2.45) is 5.92 Å². The quantitative estimate of drug-likeness (QED) is 0.762. The van der Waals surface area contributed by atoms with Crippen molar-refractivity contribution in [2.45, 2.75) is 39.7 Å². The van der Waals surface area contributed by atoms with Crippen LogP contribution in [0.3, 0.4) is 0 Å². The van der Waals surface area contributed by atoms with Gasteiger partial charge < -0.3 is 10.2 Å². The lowest BCUT2D eigenvalue weighted by Gasteiger charge is -2.16. The molecule has 1 aromatic heterocycles. The van der Waals surface area contributed by atoms with Gasteiger partial charge in [0.05, 0.1) is 0 Å². The van der Waals surface area contributed by atoms with Crippen molar-refractivity contribution in [3.8, 4) is 0 Å². The fourth-order valence-corrected chi connectivity index (χ4v) is 3.66. The van der Waals surface area contributed by atoms with E-state index in [4.69, 9.17) is 0 Å². The largest absolute Gasteiger partial charge is 0.311 e. The van der Waals surface area contributed by atoms with E-state index in [-0.39, 0.29) is 0 Å². The first-order chi connectivity index (χ1) is 8.79. The number of rotatable bonds is 7. The van der Waals surface area contributed by atoms with Gasteiger partial charge in [-0.3, -0.25) is 0 Å². The molecule has 1 aromatic rings. The highest BCUT2D eigenvalue weighted by atomic mass is 32.1. The molecule has 1 saturated heterocycles. The molecule has 0 aliphatic carbocycles. The summed E-state index contributed by atoms with van der Waals surface area (Å²) in [4.78, 5) is 4.11. The third-order valence-electron chi connectivity index (χ3n) is 3.93. The van der Waals surface area contributed by atoms with Gasteiger partial charge in [-0.15, -0.1) is 11.3 Å². The molecule has 1 atom stereocenters. The first kappa shape index (κ1) is 14.0. The van der Waals surface area contributed by atoms with Crippen molar-refractivity contribution >= 4 is 11.3 Å². The van der Waals surface area contributed by atoms with Crippen LogP contribution in [0.2, 0.25) is 0 Å². The molecule has 2 nitrogen and oxygen atoms in total. The first-order valence-electron chi connectivity index (χ1n) is 7.25. The molecule has 3 heteroatoms. The van der Waals surface area contributed by atoms with Gasteiger partial charge in [-0.1, -0.05) is 13.3 Å². The Morgan fingerprint density at radius 3 is 3.11 bits per heavy atom. The molecule has 1 N–H and O–H groups in total. The predicted molar refractivity (Wildman–Crippen MR) is 80.2 cm³/mol. The molecule has 0 bridgehead atoms. The predicted octanol–water partition coefficient (Wildman–Crippen LogP) is 3.27. The smallest absolute Gasteiger partial charge is 0.0302 e. The molecule has 0 spiro atoms. The summed E-state index contributed by atoms with van der Waals surface area (Å²) in [6.07, 6.45) is 4.17. The second-order valence-corrected chi connectivity index (χ2v) is 6.45. The lowest BCUT2D eigenvalue weighted by molar-refractivity contribution is 0.318. The molecule has 1 aliphatic heterocycles. The van der Waals surface area contributed by atoms with E-state index >= 15 is 0 Å². The average molecular weight is 266 g/mol. The van der Waals surface area contributed by atoms with Crippen molar-refractivity contribution in [1.29, 1.82) is 0 Å². The van der Waals surface area contributed by atoms with Gasteiger partial charge in [-0.2, -0.15) is 0 Å². The Labute approximate surface area is 115 Å². The molecule has 1 fully saturated rings. The van der Waals surface area contributed by atoms with E-state index in [2.05, 4.69) is 35.5 Å². The van der Waals surface area contributed by atoms with E-state index < -0.39 is 0 Å². The summed E-state index contributed by atoms with van der Waals surface area (Å²) in [5, 5.41) is 5.75. The zero-order chi connectivity index (χ0) is 12.8. The molecular formula is C15H26N2S. The molecule has 0 radical (unpaired) electrons. The molecule has 1 aliphatic rings. The van der Waals surface area contributed by atoms with Gasteiger partial charge in [0.25, 0.3) is 0 Å². The van der Waals surface area contributed by atoms with Crippen molar-refractivity contribution in [3.63, 3.8) is 0 Å². The molecule has 2 heterocycles. The maximum absolute atomic E-state index is 3.57. The van der Waals surface area contributed by atoms with Crippen molar-refractivity contribution in [1.82, 2.24) is 10.2 Å². The summed E-state index contributed by atoms with van der Waals surface area (Å²) in [5.74, 6) is 0.967. The number of nitrogens with zero attached hydrogens (tertiary/aromatic N) is 1. The topological polar surface area (TPSA) is 15.3 Å². The van der Waals surface area contributed by atoms with Crippen LogP contribution in [0.5, 0.6) is 0 Å². The minimum Gasteiger partial charge on any atom is -0.311 e. The van der Waals surface area contributed by atoms with Crippen LogP contribution in [0.1, 0.15) is 36.6 Å². The summed E-state index contributed by atoms with van der Waals surface area (Å²) in [6.45, 7) is 10.5. The SMILES string of the molecule is CCCC1CCN(CCNCc2sccc2C)C1. The lowest BCUT2D eigenvalue weighted by atomic mass is 10.0. The van der Waals surface area contributed by atoms with Gasteiger partial charge in [0.15, 0.2) is 0 Å². The van der Waals surface area contributed by atoms with Crippen LogP contribution in [0.25, 0.3) is 0 Å². The number of hydrogen-bond donors (Lipinski definition) is 1. The van der Waals surface area contributed by atoms with E-state index in [1.54, 1.807) is 0 Å². The van der Waals surface area contributed by atoms with Crippen LogP contribution >= 0.6 is 11.3 Å². The Kier molecular flexibility index (Phi) is 5.67. The van der Waals surface area contributed by atoms with Crippen LogP contribution < -0.4 is 5.32 Å². The Morgan fingerprint density at radius 2 is 2.39 bits per heavy atom. The Bertz CT molecular complexity index is 348. The highest BCUT2D eigenvalue weighted by Gasteiger charge is 2.20. The fraction of sp³-hybridized carbons (Fsp3) is 0.733. The number of thiophene rings is 1. The maximum atomic E-state index is 3.57. The Morgan fingerprint density at radius 1 is 1.50 bits per heavy atom. The molecule has 18 heavy (non-hydrogen) atoms. The molecular weight excluding hydrogens is 240 g/mol. The van der Waals surface area contributed by atoms with Gasteiger partial charge in [-0.05, 0) is 49.2 Å². The normalized spacial score (nSPS) is 20.7. The van der Waals surface area contributed by atoms with Gasteiger partial charge in [-0.25, -0.2) is 0 Å². The second kappa shape index (κ2) is 7.27. The van der Waals surface area contributed by atoms with Crippen LogP contribution in [0.15, 0.2) is 11.4 Å². The Balaban J connectivity index is 1.58. The monoisotopic (exact) mass is 266 g/mol. The molecule has 1 unspecified atom stereocenters. The van der Waals surface area contributed by atoms with Crippen LogP contribution in [-0.2, 0) is 6.54 Å². The van der Waals surface area contributed by atoms with E-state index in [9.17, 15) is 0 Å². The summed E-state index contributed by atoms with van der Waals surface area (Å²) < 4.78 is 0. The molecule has 2 rings (SSSR count). The van der Waals surface area contributed by atoms with Crippen molar-refractivity contribution < 1.29 is 0 Å². The summed E-state index contributed by atoms with van der Waals surface area (Å²) in [5.41, 5.74) is 1.43. The maximum Gasteiger partial charge on any atom is 0.0302 e. The number of nitrogens with one attached hydrogen (secondary N) is 1. The highest BCUT2D eigenvalue weighted by molar-refractivity contribution is 7.10. The average Bonchev–Trinajstić information content (AvgIpc) is 2.95. The zero-order valence-corrected chi connectivity index (χ0v) is 12.6. The second-order valence-electron chi connectivity index (χ2n) is 5.45. The third kappa shape index (κ3) is 4.08. The minimum atomic E-state index is 0.967. The zero-order valence-electron chi connectivity index (χ0n) is 11.7. The van der Waals surface area contributed by atoms with E-state index in [0.29, 0.717) is 0 Å². The van der Waals surface area contributed by atoms with Crippen molar-refractivity contribution in [2.75, 3.05) is 26.2 Å². The summed E-state index contributed by atoms with van der Waals surface area (Å²) >= 11 is 1.86. The standard InChI is InChI=1S/C15H26N2S/c1-3-4-14-5-8-17(12-14)9-7-16-11-15-13(2)6-10-18-15/h6,10,14,16H,3-5,7-9,11-12H2,1-2H3. The van der Waals surface area contributed by atoms with Crippen molar-refractivity contribution in [3.05, 3.63) is 21.9 Å². The number of likely N-dealkylation sites (tertiary alicyclic amines) is 1. The molecule has 0 saturated carbocycles. The van der Waals surface area contributed by atoms with E-state index in [1.807, 2.05) is 11.3 Å². The molecule has 0 amide bonds. The van der Waals surface area contributed by atoms with Gasteiger partial charge in [0, 0.05) is 31.1 Å². The van der Waals surface area contributed by atoms with Crippen LogP contribution in [-0.4, -0.2) is 31.1 Å². The van der Waals surface area contributed by atoms with Crippen LogP contribution in [0.4, 0.5) is 0 Å². The van der Waals surface area contributed by atoms with E-state index in [0.717, 1.165) is 19.0 Å². The summed E-state index contributed by atoms with van der Waals surface area (Å²) in [6, 6.07) is 2.21. The lowest BCUT2D eigenvalue weighted by Crippen LogP contribution is -2.30.